The number of carbonyl (C=O) groups is 1. The number of rotatable bonds is 4. The summed E-state index contributed by atoms with van der Waals surface area (Å²) in [6.45, 7) is 4.81. The zero-order valence-corrected chi connectivity index (χ0v) is 12.2. The van der Waals surface area contributed by atoms with E-state index in [1.54, 1.807) is 17.0 Å². The van der Waals surface area contributed by atoms with Crippen molar-refractivity contribution in [3.8, 4) is 0 Å². The van der Waals surface area contributed by atoms with Crippen LogP contribution in [0.5, 0.6) is 0 Å². The summed E-state index contributed by atoms with van der Waals surface area (Å²) in [5, 5.41) is 10.9. The van der Waals surface area contributed by atoms with E-state index in [4.69, 9.17) is 0 Å². The van der Waals surface area contributed by atoms with Gasteiger partial charge < -0.3 is 4.90 Å². The number of non-ortho nitro benzene ring substituents is 1. The highest BCUT2D eigenvalue weighted by atomic mass is 16.6. The lowest BCUT2D eigenvalue weighted by Gasteiger charge is -2.32. The summed E-state index contributed by atoms with van der Waals surface area (Å²) in [7, 11) is 3.64. The molecular weight excluding hydrogens is 258 g/mol. The lowest BCUT2D eigenvalue weighted by molar-refractivity contribution is -0.384. The molecule has 2 rings (SSSR count). The van der Waals surface area contributed by atoms with Gasteiger partial charge in [0.15, 0.2) is 6.29 Å². The van der Waals surface area contributed by atoms with Gasteiger partial charge in [0.05, 0.1) is 4.92 Å². The van der Waals surface area contributed by atoms with E-state index in [1.165, 1.54) is 6.07 Å². The van der Waals surface area contributed by atoms with E-state index in [2.05, 4.69) is 13.8 Å². The van der Waals surface area contributed by atoms with Crippen molar-refractivity contribution in [3.05, 3.63) is 33.9 Å². The summed E-state index contributed by atoms with van der Waals surface area (Å²) in [6, 6.07) is 4.88. The minimum atomic E-state index is -0.419. The van der Waals surface area contributed by atoms with E-state index in [0.29, 0.717) is 6.54 Å². The Morgan fingerprint density at radius 2 is 2.10 bits per heavy atom. The van der Waals surface area contributed by atoms with Gasteiger partial charge in [0.25, 0.3) is 5.69 Å². The average Bonchev–Trinajstić information content (AvgIpc) is 2.62. The van der Waals surface area contributed by atoms with Gasteiger partial charge in [0, 0.05) is 29.8 Å². The second-order valence-corrected chi connectivity index (χ2v) is 5.98. The molecule has 1 aromatic carbocycles. The molecule has 108 valence electrons. The summed E-state index contributed by atoms with van der Waals surface area (Å²) >= 11 is 0. The maximum absolute atomic E-state index is 11.4. The number of anilines is 1. The fraction of sp³-hybridized carbons (Fsp3) is 0.500. The Hall–Kier alpha value is -1.95. The highest BCUT2D eigenvalue weighted by molar-refractivity contribution is 5.73. The Morgan fingerprint density at radius 1 is 1.45 bits per heavy atom. The van der Waals surface area contributed by atoms with E-state index < -0.39 is 11.1 Å². The zero-order valence-electron chi connectivity index (χ0n) is 12.2. The van der Waals surface area contributed by atoms with Gasteiger partial charge in [-0.2, -0.15) is 0 Å². The van der Waals surface area contributed by atoms with Crippen LogP contribution >= 0.6 is 0 Å². The number of hydrogen-bond donors (Lipinski definition) is 0. The Labute approximate surface area is 118 Å². The first-order valence-electron chi connectivity index (χ1n) is 6.45. The molecule has 0 saturated carbocycles. The van der Waals surface area contributed by atoms with Gasteiger partial charge in [0.2, 0.25) is 0 Å². The van der Waals surface area contributed by atoms with Crippen molar-refractivity contribution in [2.45, 2.75) is 25.4 Å². The highest BCUT2D eigenvalue weighted by Crippen LogP contribution is 2.43. The van der Waals surface area contributed by atoms with E-state index in [-0.39, 0.29) is 11.1 Å². The standard InChI is InChI=1S/C14H19N3O3/c1-14(2)9-16(13(8-18)15(3)4)12-7-10(17(19)20)5-6-11(12)14/h5-8,13H,9H2,1-4H3. The van der Waals surface area contributed by atoms with Crippen LogP contribution in [0.2, 0.25) is 0 Å². The Kier molecular flexibility index (Phi) is 3.52. The van der Waals surface area contributed by atoms with Crippen LogP contribution in [0.25, 0.3) is 0 Å². The molecule has 0 amide bonds. The molecule has 0 aliphatic carbocycles. The normalized spacial score (nSPS) is 17.9. The van der Waals surface area contributed by atoms with Gasteiger partial charge in [-0.3, -0.25) is 19.8 Å². The zero-order chi connectivity index (χ0) is 15.1. The second kappa shape index (κ2) is 4.86. The smallest absolute Gasteiger partial charge is 0.271 e. The summed E-state index contributed by atoms with van der Waals surface area (Å²) < 4.78 is 0. The van der Waals surface area contributed by atoms with Gasteiger partial charge in [-0.15, -0.1) is 0 Å². The minimum absolute atomic E-state index is 0.0508. The first-order chi connectivity index (χ1) is 9.27. The number of fused-ring (bicyclic) bond motifs is 1. The van der Waals surface area contributed by atoms with Crippen molar-refractivity contribution in [1.29, 1.82) is 0 Å². The second-order valence-electron chi connectivity index (χ2n) is 5.98. The van der Waals surface area contributed by atoms with E-state index in [0.717, 1.165) is 17.5 Å². The molecule has 0 radical (unpaired) electrons. The number of likely N-dealkylation sites (N-methyl/N-ethyl adjacent to an activating group) is 1. The lowest BCUT2D eigenvalue weighted by atomic mass is 9.87. The number of benzene rings is 1. The van der Waals surface area contributed by atoms with Crippen molar-refractivity contribution in [2.24, 2.45) is 0 Å². The minimum Gasteiger partial charge on any atom is -0.348 e. The van der Waals surface area contributed by atoms with Gasteiger partial charge in [0.1, 0.15) is 6.17 Å². The van der Waals surface area contributed by atoms with E-state index >= 15 is 0 Å². The van der Waals surface area contributed by atoms with Crippen LogP contribution in [0.4, 0.5) is 11.4 Å². The van der Waals surface area contributed by atoms with Crippen LogP contribution in [-0.2, 0) is 10.2 Å². The number of aldehydes is 1. The molecule has 0 bridgehead atoms. The first-order valence-corrected chi connectivity index (χ1v) is 6.45. The molecule has 0 saturated heterocycles. The molecule has 0 N–H and O–H groups in total. The molecule has 1 unspecified atom stereocenters. The predicted octanol–water partition coefficient (Wildman–Crippen LogP) is 1.78. The highest BCUT2D eigenvalue weighted by Gasteiger charge is 2.39. The van der Waals surface area contributed by atoms with Crippen LogP contribution in [0, 0.1) is 10.1 Å². The molecule has 1 aliphatic rings. The number of carbonyl (C=O) groups excluding carboxylic acids is 1. The molecule has 1 heterocycles. The third kappa shape index (κ3) is 2.27. The third-order valence-corrected chi connectivity index (χ3v) is 3.77. The SMILES string of the molecule is CN(C)C(C=O)N1CC(C)(C)c2ccc([N+](=O)[O-])cc21. The maximum Gasteiger partial charge on any atom is 0.271 e. The van der Waals surface area contributed by atoms with Crippen LogP contribution < -0.4 is 4.90 Å². The fourth-order valence-corrected chi connectivity index (χ4v) is 2.75. The topological polar surface area (TPSA) is 66.7 Å². The van der Waals surface area contributed by atoms with Crippen molar-refractivity contribution in [1.82, 2.24) is 4.90 Å². The van der Waals surface area contributed by atoms with Crippen molar-refractivity contribution in [3.63, 3.8) is 0 Å². The van der Waals surface area contributed by atoms with Gasteiger partial charge in [-0.1, -0.05) is 13.8 Å². The molecule has 0 aromatic heterocycles. The van der Waals surface area contributed by atoms with Crippen molar-refractivity contribution in [2.75, 3.05) is 25.5 Å². The monoisotopic (exact) mass is 277 g/mol. The number of hydrogen-bond acceptors (Lipinski definition) is 5. The fourth-order valence-electron chi connectivity index (χ4n) is 2.75. The van der Waals surface area contributed by atoms with Crippen LogP contribution in [0.3, 0.4) is 0 Å². The summed E-state index contributed by atoms with van der Waals surface area (Å²) in [5.41, 5.74) is 1.73. The van der Waals surface area contributed by atoms with Crippen LogP contribution in [-0.4, -0.2) is 42.9 Å². The number of nitro groups is 1. The molecule has 1 aromatic rings. The molecule has 0 fully saturated rings. The average molecular weight is 277 g/mol. The lowest BCUT2D eigenvalue weighted by Crippen LogP contribution is -2.47. The quantitative estimate of drug-likeness (QED) is 0.477. The van der Waals surface area contributed by atoms with Crippen molar-refractivity contribution >= 4 is 17.7 Å². The maximum atomic E-state index is 11.4. The van der Waals surface area contributed by atoms with Gasteiger partial charge in [-0.05, 0) is 25.7 Å². The summed E-state index contributed by atoms with van der Waals surface area (Å²) in [5.74, 6) is 0. The number of nitro benzene ring substituents is 1. The molecule has 6 nitrogen and oxygen atoms in total. The summed E-state index contributed by atoms with van der Waals surface area (Å²) in [6.07, 6.45) is 0.446. The molecule has 1 atom stereocenters. The first kappa shape index (κ1) is 14.5. The molecule has 1 aliphatic heterocycles. The summed E-state index contributed by atoms with van der Waals surface area (Å²) in [4.78, 5) is 25.6. The third-order valence-electron chi connectivity index (χ3n) is 3.77. The number of nitrogens with zero attached hydrogens (tertiary/aromatic N) is 3. The molecule has 6 heteroatoms. The Balaban J connectivity index is 2.54. The molecule has 0 spiro atoms. The molecule has 20 heavy (non-hydrogen) atoms. The largest absolute Gasteiger partial charge is 0.348 e. The molecular formula is C14H19N3O3. The Bertz CT molecular complexity index is 555. The van der Waals surface area contributed by atoms with Gasteiger partial charge in [-0.25, -0.2) is 0 Å². The predicted molar refractivity (Wildman–Crippen MR) is 77.0 cm³/mol. The van der Waals surface area contributed by atoms with Crippen LogP contribution in [0.15, 0.2) is 18.2 Å². The van der Waals surface area contributed by atoms with E-state index in [9.17, 15) is 14.9 Å². The van der Waals surface area contributed by atoms with E-state index in [1.807, 2.05) is 19.0 Å². The van der Waals surface area contributed by atoms with Crippen molar-refractivity contribution < 1.29 is 9.72 Å². The van der Waals surface area contributed by atoms with Crippen LogP contribution in [0.1, 0.15) is 19.4 Å². The van der Waals surface area contributed by atoms with Gasteiger partial charge >= 0.3 is 0 Å². The Morgan fingerprint density at radius 3 is 2.60 bits per heavy atom.